The maximum Gasteiger partial charge on any atom is 0.262 e. The molecular formula is C34H21ClFN5O7. The minimum absolute atomic E-state index is 0.00931. The minimum atomic E-state index is -0.970. The van der Waals surface area contributed by atoms with Gasteiger partial charge in [-0.05, 0) is 54.6 Å². The predicted octanol–water partition coefficient (Wildman–Crippen LogP) is 3.70. The van der Waals surface area contributed by atoms with Crippen LogP contribution in [0.3, 0.4) is 0 Å². The third-order valence-corrected chi connectivity index (χ3v) is 7.89. The lowest BCUT2D eigenvalue weighted by Gasteiger charge is -2.23. The molecule has 48 heavy (non-hydrogen) atoms. The minimum Gasteiger partial charge on any atom is -0.288 e. The zero-order valence-electron chi connectivity index (χ0n) is 24.6. The first-order valence-corrected chi connectivity index (χ1v) is 14.6. The highest BCUT2D eigenvalue weighted by Crippen LogP contribution is 2.29. The number of hydrogen-bond donors (Lipinski definition) is 1. The van der Waals surface area contributed by atoms with E-state index < -0.39 is 60.1 Å². The van der Waals surface area contributed by atoms with Crippen molar-refractivity contribution in [3.63, 3.8) is 0 Å². The Morgan fingerprint density at radius 2 is 1.21 bits per heavy atom. The van der Waals surface area contributed by atoms with E-state index in [1.807, 2.05) is 0 Å². The molecule has 0 unspecified atom stereocenters. The van der Waals surface area contributed by atoms with Gasteiger partial charge in [-0.25, -0.2) is 9.82 Å². The number of nitrogens with zero attached hydrogens (tertiary/aromatic N) is 4. The average Bonchev–Trinajstić information content (AvgIpc) is 3.47. The van der Waals surface area contributed by atoms with Crippen molar-refractivity contribution >= 4 is 64.9 Å². The number of hydrogen-bond acceptors (Lipinski definition) is 8. The molecule has 2 aliphatic rings. The molecule has 0 aromatic heterocycles. The van der Waals surface area contributed by atoms with Crippen molar-refractivity contribution in [2.24, 2.45) is 5.10 Å². The van der Waals surface area contributed by atoms with Gasteiger partial charge in [-0.1, -0.05) is 48.0 Å². The molecule has 0 saturated carbocycles. The van der Waals surface area contributed by atoms with Crippen LogP contribution in [-0.4, -0.2) is 70.5 Å². The molecule has 6 rings (SSSR count). The second kappa shape index (κ2) is 12.8. The van der Waals surface area contributed by atoms with Crippen LogP contribution in [0.1, 0.15) is 57.4 Å². The van der Waals surface area contributed by atoms with Crippen LogP contribution in [0.4, 0.5) is 10.1 Å². The van der Waals surface area contributed by atoms with E-state index in [1.165, 1.54) is 42.5 Å². The number of nitrogens with one attached hydrogen (secondary N) is 1. The van der Waals surface area contributed by atoms with Gasteiger partial charge in [0, 0.05) is 11.1 Å². The number of benzene rings is 4. The van der Waals surface area contributed by atoms with Gasteiger partial charge in [0.15, 0.2) is 5.78 Å². The normalized spacial score (nSPS) is 13.6. The number of carbonyl (C=O) groups is 7. The average molecular weight is 666 g/mol. The van der Waals surface area contributed by atoms with Gasteiger partial charge in [0.05, 0.1) is 33.0 Å². The van der Waals surface area contributed by atoms with Gasteiger partial charge in [0.1, 0.15) is 25.2 Å². The highest BCUT2D eigenvalue weighted by molar-refractivity contribution is 6.35. The van der Waals surface area contributed by atoms with Crippen molar-refractivity contribution < 1.29 is 38.0 Å². The molecule has 4 aromatic carbocycles. The summed E-state index contributed by atoms with van der Waals surface area (Å²) in [6.07, 6.45) is 0.789. The number of imide groups is 2. The van der Waals surface area contributed by atoms with Crippen LogP contribution < -0.4 is 10.3 Å². The fourth-order valence-electron chi connectivity index (χ4n) is 5.27. The molecular weight excluding hydrogens is 645 g/mol. The first-order chi connectivity index (χ1) is 23.1. The highest BCUT2D eigenvalue weighted by atomic mass is 35.5. The van der Waals surface area contributed by atoms with E-state index in [1.54, 1.807) is 30.3 Å². The molecule has 0 spiro atoms. The molecule has 0 bridgehead atoms. The van der Waals surface area contributed by atoms with Crippen LogP contribution in [-0.2, 0) is 9.59 Å². The summed E-state index contributed by atoms with van der Waals surface area (Å²) < 4.78 is 14.5. The summed E-state index contributed by atoms with van der Waals surface area (Å²) in [7, 11) is 0. The lowest BCUT2D eigenvalue weighted by atomic mass is 10.0. The van der Waals surface area contributed by atoms with Gasteiger partial charge >= 0.3 is 0 Å². The van der Waals surface area contributed by atoms with Gasteiger partial charge in [-0.15, -0.1) is 0 Å². The largest absolute Gasteiger partial charge is 0.288 e. The smallest absolute Gasteiger partial charge is 0.262 e. The third-order valence-electron chi connectivity index (χ3n) is 7.56. The monoisotopic (exact) mass is 665 g/mol. The summed E-state index contributed by atoms with van der Waals surface area (Å²) in [4.78, 5) is 93.7. The molecule has 0 aliphatic carbocycles. The van der Waals surface area contributed by atoms with Crippen LogP contribution in [0, 0.1) is 5.82 Å². The number of halogens is 2. The maximum atomic E-state index is 14.5. The van der Waals surface area contributed by atoms with E-state index in [9.17, 15) is 38.0 Å². The van der Waals surface area contributed by atoms with E-state index in [2.05, 4.69) is 10.5 Å². The second-order valence-corrected chi connectivity index (χ2v) is 10.9. The number of carbonyl (C=O) groups excluding carboxylic acids is 7. The summed E-state index contributed by atoms with van der Waals surface area (Å²) >= 11 is 6.23. The Bertz CT molecular complexity index is 2050. The Kier molecular flexibility index (Phi) is 8.44. The molecule has 6 amide bonds. The molecule has 0 fully saturated rings. The van der Waals surface area contributed by atoms with Crippen LogP contribution in [0.5, 0.6) is 0 Å². The lowest BCUT2D eigenvalue weighted by Crippen LogP contribution is -2.43. The zero-order chi connectivity index (χ0) is 34.1. The van der Waals surface area contributed by atoms with Gasteiger partial charge in [0.25, 0.3) is 35.4 Å². The van der Waals surface area contributed by atoms with Crippen LogP contribution in [0.25, 0.3) is 0 Å². The lowest BCUT2D eigenvalue weighted by molar-refractivity contribution is -0.121. The first-order valence-electron chi connectivity index (χ1n) is 14.2. The van der Waals surface area contributed by atoms with Crippen molar-refractivity contribution in [3.8, 4) is 0 Å². The second-order valence-electron chi connectivity index (χ2n) is 10.5. The third kappa shape index (κ3) is 5.74. The van der Waals surface area contributed by atoms with Crippen molar-refractivity contribution in [2.45, 2.75) is 0 Å². The van der Waals surface area contributed by atoms with E-state index in [4.69, 9.17) is 11.6 Å². The van der Waals surface area contributed by atoms with E-state index in [0.29, 0.717) is 4.90 Å². The molecule has 1 N–H and O–H groups in total. The van der Waals surface area contributed by atoms with Gasteiger partial charge in [-0.3, -0.25) is 48.3 Å². The molecule has 0 saturated heterocycles. The van der Waals surface area contributed by atoms with Crippen molar-refractivity contribution in [1.82, 2.24) is 15.2 Å². The number of amides is 6. The molecule has 14 heteroatoms. The molecule has 2 aliphatic heterocycles. The Morgan fingerprint density at radius 1 is 0.708 bits per heavy atom. The van der Waals surface area contributed by atoms with Gasteiger partial charge in [0.2, 0.25) is 0 Å². The predicted molar refractivity (Wildman–Crippen MR) is 169 cm³/mol. The van der Waals surface area contributed by atoms with Crippen LogP contribution in [0.2, 0.25) is 5.02 Å². The fourth-order valence-corrected chi connectivity index (χ4v) is 5.49. The first kappa shape index (κ1) is 31.6. The van der Waals surface area contributed by atoms with E-state index in [0.717, 1.165) is 34.3 Å². The number of rotatable bonds is 9. The number of fused-ring (bicyclic) bond motifs is 2. The summed E-state index contributed by atoms with van der Waals surface area (Å²) in [5.41, 5.74) is 2.01. The van der Waals surface area contributed by atoms with Crippen molar-refractivity contribution in [3.05, 3.63) is 135 Å². The molecule has 0 radical (unpaired) electrons. The maximum absolute atomic E-state index is 14.5. The van der Waals surface area contributed by atoms with Crippen molar-refractivity contribution in [1.29, 1.82) is 0 Å². The number of hydrazone groups is 1. The molecule has 12 nitrogen and oxygen atoms in total. The number of anilines is 1. The Balaban J connectivity index is 1.30. The molecule has 238 valence electrons. The summed E-state index contributed by atoms with van der Waals surface area (Å²) in [5, 5.41) is 3.84. The SMILES string of the molecule is O=C(CN1C(=O)c2ccccc2C1=O)NN=CN(C(=O)CN1C(=O)c2ccccc2C1=O)c1ccc(F)cc1C(=O)c1ccccc1Cl. The zero-order valence-corrected chi connectivity index (χ0v) is 25.3. The Labute approximate surface area is 276 Å². The molecule has 4 aromatic rings. The fraction of sp³-hybridized carbons (Fsp3) is 0.0588. The van der Waals surface area contributed by atoms with Gasteiger partial charge in [-0.2, -0.15) is 5.10 Å². The molecule has 0 atom stereocenters. The quantitative estimate of drug-likeness (QED) is 0.0941. The van der Waals surface area contributed by atoms with Gasteiger partial charge < -0.3 is 0 Å². The number of ketones is 1. The van der Waals surface area contributed by atoms with Crippen molar-refractivity contribution in [2.75, 3.05) is 18.0 Å². The van der Waals surface area contributed by atoms with Crippen LogP contribution >= 0.6 is 11.6 Å². The van der Waals surface area contributed by atoms with E-state index >= 15 is 0 Å². The summed E-state index contributed by atoms with van der Waals surface area (Å²) in [6.45, 7) is -1.53. The standard InChI is InChI=1S/C34H21ClFN5O7/c35-26-12-6-5-11-24(26)30(44)25-15-19(36)13-14-27(25)41(29(43)17-40-33(47)22-9-3-4-10-23(22)34(40)48)18-37-38-28(42)16-39-31(45)20-7-1-2-8-21(20)32(39)46/h1-15,18H,16-17H2,(H,38,42). The topological polar surface area (TPSA) is 154 Å². The Morgan fingerprint density at radius 3 is 1.75 bits per heavy atom. The molecule has 2 heterocycles. The van der Waals surface area contributed by atoms with E-state index in [-0.39, 0.29) is 44.1 Å². The summed E-state index contributed by atoms with van der Waals surface area (Å²) in [5.74, 6) is -6.31. The highest BCUT2D eigenvalue weighted by Gasteiger charge is 2.38. The summed E-state index contributed by atoms with van der Waals surface area (Å²) in [6, 6.07) is 21.0. The van der Waals surface area contributed by atoms with Crippen LogP contribution in [0.15, 0.2) is 96.1 Å². The Hall–Kier alpha value is -6.34.